The second-order valence-electron chi connectivity index (χ2n) is 3.03. The van der Waals surface area contributed by atoms with Gasteiger partial charge >= 0.3 is 0 Å². The van der Waals surface area contributed by atoms with Crippen molar-refractivity contribution >= 4 is 18.5 Å². The normalized spacial score (nSPS) is 9.69. The highest BCUT2D eigenvalue weighted by Crippen LogP contribution is 2.27. The molecule has 0 aliphatic carbocycles. The Morgan fingerprint density at radius 2 is 2.00 bits per heavy atom. The van der Waals surface area contributed by atoms with Crippen LogP contribution in [0.5, 0.6) is 11.5 Å². The number of methoxy groups -OCH3 is 2. The number of carbonyl (C=O) groups is 1. The van der Waals surface area contributed by atoms with E-state index in [-0.39, 0.29) is 5.91 Å². The Bertz CT molecular complexity index is 368. The first kappa shape index (κ1) is 12.7. The fraction of sp³-hybridized carbons (Fsp3) is 0.364. The summed E-state index contributed by atoms with van der Waals surface area (Å²) < 4.78 is 10.2. The first-order valence-electron chi connectivity index (χ1n) is 4.81. The first-order valence-corrected chi connectivity index (χ1v) is 5.39. The summed E-state index contributed by atoms with van der Waals surface area (Å²) in [5.41, 5.74) is 0.529. The van der Waals surface area contributed by atoms with Gasteiger partial charge in [-0.3, -0.25) is 4.79 Å². The van der Waals surface area contributed by atoms with Gasteiger partial charge in [-0.15, -0.1) is 0 Å². The highest BCUT2D eigenvalue weighted by molar-refractivity contribution is 7.80. The molecule has 0 unspecified atom stereocenters. The molecule has 1 N–H and O–H groups in total. The van der Waals surface area contributed by atoms with Crippen molar-refractivity contribution in [2.45, 2.75) is 0 Å². The summed E-state index contributed by atoms with van der Waals surface area (Å²) in [5, 5.41) is 2.70. The summed E-state index contributed by atoms with van der Waals surface area (Å²) in [6.07, 6.45) is 0. The van der Waals surface area contributed by atoms with Crippen LogP contribution in [0, 0.1) is 0 Å². The predicted molar refractivity (Wildman–Crippen MR) is 64.3 cm³/mol. The topological polar surface area (TPSA) is 47.6 Å². The third-order valence-electron chi connectivity index (χ3n) is 2.03. The maximum atomic E-state index is 11.6. The zero-order valence-corrected chi connectivity index (χ0v) is 10.1. The molecule has 0 aliphatic heterocycles. The number of ether oxygens (including phenoxy) is 2. The average Bonchev–Trinajstić information content (AvgIpc) is 2.34. The Hall–Kier alpha value is -1.36. The molecule has 0 bridgehead atoms. The Kier molecular flexibility index (Phi) is 4.98. The van der Waals surface area contributed by atoms with Gasteiger partial charge in [-0.05, 0) is 18.2 Å². The number of nitrogens with one attached hydrogen (secondary N) is 1. The van der Waals surface area contributed by atoms with Gasteiger partial charge < -0.3 is 14.8 Å². The molecule has 1 rings (SSSR count). The largest absolute Gasteiger partial charge is 0.493 e. The maximum Gasteiger partial charge on any atom is 0.251 e. The van der Waals surface area contributed by atoms with Gasteiger partial charge in [0.2, 0.25) is 0 Å². The number of hydrogen-bond donors (Lipinski definition) is 1. The van der Waals surface area contributed by atoms with Gasteiger partial charge in [0.25, 0.3) is 5.91 Å². The van der Waals surface area contributed by atoms with Crippen LogP contribution < -0.4 is 14.8 Å². The van der Waals surface area contributed by atoms with Crippen molar-refractivity contribution in [3.05, 3.63) is 23.8 Å². The Balaban J connectivity index is 2.85. The maximum absolute atomic E-state index is 11.6. The van der Waals surface area contributed by atoms with Gasteiger partial charge in [0.15, 0.2) is 11.5 Å². The van der Waals surface area contributed by atoms with Crippen LogP contribution in [-0.2, 0) is 0 Å². The fourth-order valence-corrected chi connectivity index (χ4v) is 1.35. The van der Waals surface area contributed by atoms with Crippen molar-refractivity contribution in [1.82, 2.24) is 5.32 Å². The molecular formula is C11H14NO3S. The molecule has 16 heavy (non-hydrogen) atoms. The molecule has 1 radical (unpaired) electrons. The van der Waals surface area contributed by atoms with Crippen molar-refractivity contribution < 1.29 is 14.3 Å². The van der Waals surface area contributed by atoms with Crippen molar-refractivity contribution in [2.24, 2.45) is 0 Å². The number of benzene rings is 1. The average molecular weight is 240 g/mol. The van der Waals surface area contributed by atoms with Crippen molar-refractivity contribution in [1.29, 1.82) is 0 Å². The molecule has 0 saturated heterocycles. The lowest BCUT2D eigenvalue weighted by atomic mass is 10.2. The van der Waals surface area contributed by atoms with Crippen LogP contribution in [0.4, 0.5) is 0 Å². The molecule has 0 spiro atoms. The molecule has 4 nitrogen and oxygen atoms in total. The van der Waals surface area contributed by atoms with Gasteiger partial charge in [0.1, 0.15) is 0 Å². The molecule has 0 atom stereocenters. The number of hydrogen-bond acceptors (Lipinski definition) is 3. The Morgan fingerprint density at radius 3 is 2.56 bits per heavy atom. The minimum absolute atomic E-state index is 0.161. The third-order valence-corrected chi connectivity index (χ3v) is 2.24. The molecule has 0 aliphatic rings. The Morgan fingerprint density at radius 1 is 1.31 bits per heavy atom. The van der Waals surface area contributed by atoms with Crippen molar-refractivity contribution in [2.75, 3.05) is 26.5 Å². The van der Waals surface area contributed by atoms with Gasteiger partial charge in [-0.2, -0.15) is 0 Å². The van der Waals surface area contributed by atoms with Crippen LogP contribution in [0.2, 0.25) is 0 Å². The zero-order valence-electron chi connectivity index (χ0n) is 9.28. The monoisotopic (exact) mass is 240 g/mol. The number of amides is 1. The summed E-state index contributed by atoms with van der Waals surface area (Å²) in [6, 6.07) is 5.01. The SMILES string of the molecule is COc1ccc(C(=O)NCC[S])cc1OC. The molecule has 5 heteroatoms. The Labute approximate surface area is 100 Å². The van der Waals surface area contributed by atoms with Crippen molar-refractivity contribution in [3.8, 4) is 11.5 Å². The highest BCUT2D eigenvalue weighted by atomic mass is 32.1. The molecule has 1 amide bonds. The van der Waals surface area contributed by atoms with Gasteiger partial charge in [-0.1, -0.05) is 12.6 Å². The van der Waals surface area contributed by atoms with Crippen LogP contribution in [0.25, 0.3) is 0 Å². The first-order chi connectivity index (χ1) is 7.72. The fourth-order valence-electron chi connectivity index (χ4n) is 1.24. The summed E-state index contributed by atoms with van der Waals surface area (Å²) in [7, 11) is 3.08. The van der Waals surface area contributed by atoms with E-state index in [2.05, 4.69) is 5.32 Å². The highest BCUT2D eigenvalue weighted by Gasteiger charge is 2.09. The van der Waals surface area contributed by atoms with Crippen LogP contribution in [-0.4, -0.2) is 32.4 Å². The van der Waals surface area contributed by atoms with E-state index in [0.717, 1.165) is 0 Å². The predicted octanol–water partition coefficient (Wildman–Crippen LogP) is 1.63. The van der Waals surface area contributed by atoms with Crippen LogP contribution in [0.1, 0.15) is 10.4 Å². The summed E-state index contributed by atoms with van der Waals surface area (Å²) in [4.78, 5) is 11.6. The summed E-state index contributed by atoms with van der Waals surface area (Å²) >= 11 is 4.75. The van der Waals surface area contributed by atoms with Crippen molar-refractivity contribution in [3.63, 3.8) is 0 Å². The lowest BCUT2D eigenvalue weighted by Crippen LogP contribution is -2.25. The third kappa shape index (κ3) is 3.06. The minimum Gasteiger partial charge on any atom is -0.493 e. The lowest BCUT2D eigenvalue weighted by Gasteiger charge is -2.09. The van der Waals surface area contributed by atoms with E-state index in [1.165, 1.54) is 7.11 Å². The quantitative estimate of drug-likeness (QED) is 0.851. The molecule has 0 aromatic heterocycles. The molecule has 1 aromatic rings. The smallest absolute Gasteiger partial charge is 0.251 e. The van der Waals surface area contributed by atoms with E-state index in [1.54, 1.807) is 25.3 Å². The molecule has 0 heterocycles. The number of rotatable bonds is 5. The summed E-state index contributed by atoms with van der Waals surface area (Å²) in [6.45, 7) is 0.489. The second-order valence-corrected chi connectivity index (χ2v) is 3.44. The van der Waals surface area contributed by atoms with Gasteiger partial charge in [-0.25, -0.2) is 0 Å². The van der Waals surface area contributed by atoms with Gasteiger partial charge in [0, 0.05) is 17.9 Å². The standard InChI is InChI=1S/C11H14NO3S/c1-14-9-4-3-8(7-10(9)15-2)11(13)12-5-6-16/h3-4,7H,5-6H2,1-2H3,(H,12,13). The molecule has 1 aromatic carbocycles. The summed E-state index contributed by atoms with van der Waals surface area (Å²) in [5.74, 6) is 1.47. The number of carbonyl (C=O) groups excluding carboxylic acids is 1. The zero-order chi connectivity index (χ0) is 12.0. The van der Waals surface area contributed by atoms with E-state index in [1.807, 2.05) is 0 Å². The van der Waals surface area contributed by atoms with E-state index in [0.29, 0.717) is 29.4 Å². The second kappa shape index (κ2) is 6.27. The van der Waals surface area contributed by atoms with E-state index in [9.17, 15) is 4.79 Å². The van der Waals surface area contributed by atoms with E-state index in [4.69, 9.17) is 22.1 Å². The molecule has 0 fully saturated rings. The van der Waals surface area contributed by atoms with Crippen LogP contribution in [0.3, 0.4) is 0 Å². The minimum atomic E-state index is -0.161. The lowest BCUT2D eigenvalue weighted by molar-refractivity contribution is 0.0956. The van der Waals surface area contributed by atoms with Crippen LogP contribution in [0.15, 0.2) is 18.2 Å². The van der Waals surface area contributed by atoms with Gasteiger partial charge in [0.05, 0.1) is 14.2 Å². The van der Waals surface area contributed by atoms with E-state index < -0.39 is 0 Å². The van der Waals surface area contributed by atoms with E-state index >= 15 is 0 Å². The molecule has 0 saturated carbocycles. The molecule has 87 valence electrons. The van der Waals surface area contributed by atoms with Crippen LogP contribution >= 0.6 is 12.6 Å². The molecular weight excluding hydrogens is 226 g/mol.